The zero-order chi connectivity index (χ0) is 7.56. The van der Waals surface area contributed by atoms with Crippen LogP contribution in [0.25, 0.3) is 0 Å². The average Bonchev–Trinajstić information content (AvgIpc) is 2.13. The molecule has 0 atom stereocenters. The molecule has 54 valence electrons. The lowest BCUT2D eigenvalue weighted by molar-refractivity contribution is 1.05. The summed E-state index contributed by atoms with van der Waals surface area (Å²) in [4.78, 5) is 8.00. The zero-order valence-electron chi connectivity index (χ0n) is 5.79. The van der Waals surface area contributed by atoms with Crippen molar-refractivity contribution < 1.29 is 0 Å². The molecule has 0 amide bonds. The van der Waals surface area contributed by atoms with Crippen LogP contribution in [0.1, 0.15) is 13.3 Å². The van der Waals surface area contributed by atoms with Crippen LogP contribution in [-0.2, 0) is 0 Å². The van der Waals surface area contributed by atoms with Gasteiger partial charge in [0.15, 0.2) is 0 Å². The second-order valence-corrected chi connectivity index (χ2v) is 2.44. The number of aliphatic imine (C=N–C) groups is 2. The highest BCUT2D eigenvalue weighted by Crippen LogP contribution is 2.01. The third-order valence-corrected chi connectivity index (χ3v) is 1.48. The Labute approximate surface area is 65.0 Å². The van der Waals surface area contributed by atoms with Gasteiger partial charge >= 0.3 is 0 Å². The first kappa shape index (κ1) is 7.50. The lowest BCUT2D eigenvalue weighted by Gasteiger charge is -1.93. The van der Waals surface area contributed by atoms with Crippen LogP contribution < -0.4 is 5.73 Å². The van der Waals surface area contributed by atoms with Gasteiger partial charge in [-0.1, -0.05) is 0 Å². The third kappa shape index (κ3) is 1.46. The number of nitrogens with two attached hydrogens (primary N) is 1. The first-order valence-corrected chi connectivity index (χ1v) is 3.52. The molecule has 0 radical (unpaired) electrons. The summed E-state index contributed by atoms with van der Waals surface area (Å²) in [6.07, 6.45) is 0.773. The summed E-state index contributed by atoms with van der Waals surface area (Å²) in [6.45, 7) is 2.50. The second kappa shape index (κ2) is 2.98. The summed E-state index contributed by atoms with van der Waals surface area (Å²) in [5.41, 5.74) is 7.19. The molecule has 0 aromatic carbocycles. The monoisotopic (exact) mass is 155 g/mol. The largest absolute Gasteiger partial charge is 0.330 e. The van der Waals surface area contributed by atoms with E-state index in [4.69, 9.17) is 18.0 Å². The number of rotatable bonds is 2. The molecule has 2 N–H and O–H groups in total. The minimum absolute atomic E-state index is 0.431. The van der Waals surface area contributed by atoms with Gasteiger partial charge in [-0.2, -0.15) is 0 Å². The van der Waals surface area contributed by atoms with Crippen molar-refractivity contribution in [3.8, 4) is 0 Å². The maximum Gasteiger partial charge on any atom is 0.219 e. The standard InChI is InChI=1S/C6H9N3S/c1-4-5(2-3-7)9-6(10)8-4/h2-3,7H2,1H3. The van der Waals surface area contributed by atoms with Gasteiger partial charge in [0, 0.05) is 6.42 Å². The molecule has 0 saturated heterocycles. The van der Waals surface area contributed by atoms with Gasteiger partial charge in [-0.05, 0) is 25.7 Å². The molecule has 10 heavy (non-hydrogen) atoms. The van der Waals surface area contributed by atoms with Crippen molar-refractivity contribution in [3.05, 3.63) is 0 Å². The van der Waals surface area contributed by atoms with Crippen molar-refractivity contribution in [2.24, 2.45) is 15.7 Å². The first-order chi connectivity index (χ1) is 4.74. The predicted molar refractivity (Wildman–Crippen MR) is 46.8 cm³/mol. The van der Waals surface area contributed by atoms with Crippen molar-refractivity contribution in [2.45, 2.75) is 13.3 Å². The van der Waals surface area contributed by atoms with E-state index in [0.717, 1.165) is 17.8 Å². The van der Waals surface area contributed by atoms with Crippen LogP contribution in [0.2, 0.25) is 0 Å². The van der Waals surface area contributed by atoms with E-state index in [0.29, 0.717) is 11.7 Å². The van der Waals surface area contributed by atoms with Crippen molar-refractivity contribution in [3.63, 3.8) is 0 Å². The molecular weight excluding hydrogens is 146 g/mol. The van der Waals surface area contributed by atoms with Crippen molar-refractivity contribution in [2.75, 3.05) is 6.54 Å². The van der Waals surface area contributed by atoms with Crippen LogP contribution in [0.3, 0.4) is 0 Å². The topological polar surface area (TPSA) is 50.7 Å². The zero-order valence-corrected chi connectivity index (χ0v) is 6.61. The molecular formula is C6H9N3S. The first-order valence-electron chi connectivity index (χ1n) is 3.11. The summed E-state index contributed by atoms with van der Waals surface area (Å²) in [7, 11) is 0. The van der Waals surface area contributed by atoms with Crippen LogP contribution in [0, 0.1) is 0 Å². The Hall–Kier alpha value is -0.610. The van der Waals surface area contributed by atoms with E-state index in [-0.39, 0.29) is 0 Å². The summed E-state index contributed by atoms with van der Waals surface area (Å²) in [6, 6.07) is 0. The van der Waals surface area contributed by atoms with E-state index in [1.807, 2.05) is 6.92 Å². The van der Waals surface area contributed by atoms with E-state index in [9.17, 15) is 0 Å². The molecule has 1 rings (SSSR count). The Kier molecular flexibility index (Phi) is 2.24. The van der Waals surface area contributed by atoms with Gasteiger partial charge in [0.05, 0.1) is 11.4 Å². The molecule has 0 aliphatic carbocycles. The van der Waals surface area contributed by atoms with Crippen LogP contribution in [0.15, 0.2) is 9.98 Å². The van der Waals surface area contributed by atoms with E-state index < -0.39 is 0 Å². The molecule has 1 aliphatic heterocycles. The molecule has 3 nitrogen and oxygen atoms in total. The van der Waals surface area contributed by atoms with Gasteiger partial charge in [-0.15, -0.1) is 0 Å². The van der Waals surface area contributed by atoms with Crippen LogP contribution >= 0.6 is 12.2 Å². The summed E-state index contributed by atoms with van der Waals surface area (Å²) < 4.78 is 0. The molecule has 0 bridgehead atoms. The molecule has 0 fully saturated rings. The molecule has 0 saturated carbocycles. The Morgan fingerprint density at radius 3 is 2.60 bits per heavy atom. The van der Waals surface area contributed by atoms with E-state index in [2.05, 4.69) is 9.98 Å². The minimum atomic E-state index is 0.431. The van der Waals surface area contributed by atoms with Crippen molar-refractivity contribution in [1.29, 1.82) is 0 Å². The molecule has 0 aromatic heterocycles. The lowest BCUT2D eigenvalue weighted by Crippen LogP contribution is -2.12. The van der Waals surface area contributed by atoms with E-state index >= 15 is 0 Å². The number of hydrogen-bond acceptors (Lipinski definition) is 2. The van der Waals surface area contributed by atoms with Crippen LogP contribution in [-0.4, -0.2) is 23.1 Å². The number of nitrogens with zero attached hydrogens (tertiary/aromatic N) is 2. The Bertz CT molecular complexity index is 217. The van der Waals surface area contributed by atoms with Gasteiger partial charge < -0.3 is 5.73 Å². The molecule has 0 unspecified atom stereocenters. The highest BCUT2D eigenvalue weighted by molar-refractivity contribution is 7.80. The van der Waals surface area contributed by atoms with Gasteiger partial charge in [-0.3, -0.25) is 0 Å². The van der Waals surface area contributed by atoms with Crippen LogP contribution in [0.4, 0.5) is 0 Å². The number of thiocarbonyl (C=S) groups is 1. The fraction of sp³-hybridized carbons (Fsp3) is 0.500. The summed E-state index contributed by atoms with van der Waals surface area (Å²) >= 11 is 4.77. The quantitative estimate of drug-likeness (QED) is 0.591. The smallest absolute Gasteiger partial charge is 0.219 e. The highest BCUT2D eigenvalue weighted by Gasteiger charge is 2.10. The molecule has 1 heterocycles. The normalized spacial score (nSPS) is 17.2. The van der Waals surface area contributed by atoms with E-state index in [1.165, 1.54) is 0 Å². The lowest BCUT2D eigenvalue weighted by atomic mass is 10.2. The fourth-order valence-electron chi connectivity index (χ4n) is 0.803. The predicted octanol–water partition coefficient (Wildman–Crippen LogP) is 0.536. The molecule has 0 spiro atoms. The maximum atomic E-state index is 5.34. The maximum absolute atomic E-state index is 5.34. The van der Waals surface area contributed by atoms with Gasteiger partial charge in [0.2, 0.25) is 5.11 Å². The Morgan fingerprint density at radius 1 is 1.50 bits per heavy atom. The SMILES string of the molecule is CC1=NC(=S)N=C1CCN. The van der Waals surface area contributed by atoms with Crippen molar-refractivity contribution in [1.82, 2.24) is 0 Å². The van der Waals surface area contributed by atoms with Crippen LogP contribution in [0.5, 0.6) is 0 Å². The van der Waals surface area contributed by atoms with Gasteiger partial charge in [0.1, 0.15) is 0 Å². The number of hydrogen-bond donors (Lipinski definition) is 1. The van der Waals surface area contributed by atoms with Gasteiger partial charge in [-0.25, -0.2) is 9.98 Å². The second-order valence-electron chi connectivity index (χ2n) is 2.08. The third-order valence-electron chi connectivity index (χ3n) is 1.29. The highest BCUT2D eigenvalue weighted by atomic mass is 32.1. The van der Waals surface area contributed by atoms with Crippen molar-refractivity contribution >= 4 is 28.8 Å². The van der Waals surface area contributed by atoms with Gasteiger partial charge in [0.25, 0.3) is 0 Å². The summed E-state index contributed by atoms with van der Waals surface area (Å²) in [5.74, 6) is 0. The molecule has 4 heteroatoms. The fourth-order valence-corrected chi connectivity index (χ4v) is 1.05. The summed E-state index contributed by atoms with van der Waals surface area (Å²) in [5, 5.41) is 0.431. The molecule has 1 aliphatic rings. The molecule has 0 aromatic rings. The average molecular weight is 155 g/mol. The Balaban J connectivity index is 2.70. The Morgan fingerprint density at radius 2 is 2.20 bits per heavy atom. The minimum Gasteiger partial charge on any atom is -0.330 e. The van der Waals surface area contributed by atoms with E-state index in [1.54, 1.807) is 0 Å².